The van der Waals surface area contributed by atoms with Gasteiger partial charge >= 0.3 is 0 Å². The molecule has 1 amide bonds. The van der Waals surface area contributed by atoms with E-state index in [0.29, 0.717) is 0 Å². The zero-order chi connectivity index (χ0) is 15.4. The molecule has 0 atom stereocenters. The first kappa shape index (κ1) is 14.9. The summed E-state index contributed by atoms with van der Waals surface area (Å²) in [5, 5.41) is 31.6. The molecule has 0 aliphatic heterocycles. The number of carbonyl (C=O) groups is 1. The second kappa shape index (κ2) is 6.27. The van der Waals surface area contributed by atoms with Crippen LogP contribution >= 0.6 is 15.9 Å². The number of amides is 1. The van der Waals surface area contributed by atoms with Crippen molar-refractivity contribution in [3.05, 3.63) is 52.0 Å². The molecule has 0 heterocycles. The summed E-state index contributed by atoms with van der Waals surface area (Å²) in [5.41, 5.74) is 3.01. The minimum absolute atomic E-state index is 0.0317. The molecule has 0 aliphatic rings. The summed E-state index contributed by atoms with van der Waals surface area (Å²) in [5.74, 6) is -2.48. The SMILES string of the molecule is O=C(NN=Cc1ccc(Br)cc1)c1cc(O)c(O)c(O)c1. The van der Waals surface area contributed by atoms with E-state index in [-0.39, 0.29) is 5.56 Å². The molecule has 108 valence electrons. The summed E-state index contributed by atoms with van der Waals surface area (Å²) in [7, 11) is 0. The average molecular weight is 351 g/mol. The fourth-order valence-electron chi connectivity index (χ4n) is 1.51. The molecule has 0 saturated heterocycles. The number of hydrazone groups is 1. The topological polar surface area (TPSA) is 102 Å². The predicted molar refractivity (Wildman–Crippen MR) is 80.6 cm³/mol. The highest BCUT2D eigenvalue weighted by Crippen LogP contribution is 2.35. The zero-order valence-electron chi connectivity index (χ0n) is 10.6. The second-order valence-electron chi connectivity index (χ2n) is 4.11. The maximum Gasteiger partial charge on any atom is 0.271 e. The Morgan fingerprint density at radius 2 is 1.67 bits per heavy atom. The van der Waals surface area contributed by atoms with Gasteiger partial charge in [-0.05, 0) is 29.8 Å². The lowest BCUT2D eigenvalue weighted by atomic mass is 10.2. The van der Waals surface area contributed by atoms with E-state index < -0.39 is 23.2 Å². The van der Waals surface area contributed by atoms with Crippen molar-refractivity contribution in [2.75, 3.05) is 0 Å². The van der Waals surface area contributed by atoms with Crippen molar-refractivity contribution in [1.82, 2.24) is 5.43 Å². The van der Waals surface area contributed by atoms with Gasteiger partial charge in [-0.15, -0.1) is 0 Å². The third kappa shape index (κ3) is 3.73. The minimum atomic E-state index is -0.676. The first-order valence-electron chi connectivity index (χ1n) is 5.81. The van der Waals surface area contributed by atoms with E-state index in [1.807, 2.05) is 12.1 Å². The van der Waals surface area contributed by atoms with E-state index >= 15 is 0 Å². The van der Waals surface area contributed by atoms with E-state index in [4.69, 9.17) is 0 Å². The Morgan fingerprint density at radius 1 is 1.10 bits per heavy atom. The Hall–Kier alpha value is -2.54. The maximum atomic E-state index is 11.8. The number of rotatable bonds is 3. The smallest absolute Gasteiger partial charge is 0.271 e. The number of hydrogen-bond acceptors (Lipinski definition) is 5. The molecule has 0 saturated carbocycles. The van der Waals surface area contributed by atoms with Crippen molar-refractivity contribution in [2.24, 2.45) is 5.10 Å². The Bertz CT molecular complexity index is 676. The lowest BCUT2D eigenvalue weighted by molar-refractivity contribution is 0.0954. The number of phenolic OH excluding ortho intramolecular Hbond substituents is 3. The number of phenols is 3. The molecular weight excluding hydrogens is 340 g/mol. The van der Waals surface area contributed by atoms with Gasteiger partial charge in [-0.2, -0.15) is 5.10 Å². The van der Waals surface area contributed by atoms with Crippen LogP contribution in [-0.4, -0.2) is 27.4 Å². The third-order valence-corrected chi connectivity index (χ3v) is 3.11. The Kier molecular flexibility index (Phi) is 4.44. The van der Waals surface area contributed by atoms with Crippen molar-refractivity contribution in [3.63, 3.8) is 0 Å². The van der Waals surface area contributed by atoms with Gasteiger partial charge in [-0.3, -0.25) is 4.79 Å². The maximum absolute atomic E-state index is 11.8. The van der Waals surface area contributed by atoms with Crippen molar-refractivity contribution in [3.8, 4) is 17.2 Å². The van der Waals surface area contributed by atoms with Gasteiger partial charge in [0.1, 0.15) is 0 Å². The molecule has 6 nitrogen and oxygen atoms in total. The van der Waals surface area contributed by atoms with Crippen LogP contribution in [0, 0.1) is 0 Å². The Balaban J connectivity index is 2.06. The molecule has 4 N–H and O–H groups in total. The first-order valence-corrected chi connectivity index (χ1v) is 6.60. The van der Waals surface area contributed by atoms with Crippen LogP contribution in [0.1, 0.15) is 15.9 Å². The first-order chi connectivity index (χ1) is 9.97. The summed E-state index contributed by atoms with van der Waals surface area (Å²) >= 11 is 3.30. The highest BCUT2D eigenvalue weighted by atomic mass is 79.9. The summed E-state index contributed by atoms with van der Waals surface area (Å²) in [6.45, 7) is 0. The predicted octanol–water partition coefficient (Wildman–Crippen LogP) is 2.33. The van der Waals surface area contributed by atoms with Gasteiger partial charge in [0.05, 0.1) is 6.21 Å². The van der Waals surface area contributed by atoms with E-state index in [1.54, 1.807) is 12.1 Å². The summed E-state index contributed by atoms with van der Waals surface area (Å²) in [4.78, 5) is 11.8. The summed E-state index contributed by atoms with van der Waals surface area (Å²) in [6.07, 6.45) is 1.45. The van der Waals surface area contributed by atoms with Crippen LogP contribution in [-0.2, 0) is 0 Å². The molecule has 21 heavy (non-hydrogen) atoms. The molecular formula is C14H11BrN2O4. The van der Waals surface area contributed by atoms with E-state index in [1.165, 1.54) is 6.21 Å². The van der Waals surface area contributed by atoms with Crippen LogP contribution in [0.25, 0.3) is 0 Å². The highest BCUT2D eigenvalue weighted by molar-refractivity contribution is 9.10. The quantitative estimate of drug-likeness (QED) is 0.387. The van der Waals surface area contributed by atoms with Crippen LogP contribution in [0.4, 0.5) is 0 Å². The van der Waals surface area contributed by atoms with Crippen LogP contribution < -0.4 is 5.43 Å². The number of aromatic hydroxyl groups is 3. The monoisotopic (exact) mass is 350 g/mol. The normalized spacial score (nSPS) is 10.7. The fraction of sp³-hybridized carbons (Fsp3) is 0. The van der Waals surface area contributed by atoms with Gasteiger partial charge in [0.2, 0.25) is 0 Å². The molecule has 0 unspecified atom stereocenters. The third-order valence-electron chi connectivity index (χ3n) is 2.58. The molecule has 0 radical (unpaired) electrons. The van der Waals surface area contributed by atoms with Crippen molar-refractivity contribution >= 4 is 28.1 Å². The van der Waals surface area contributed by atoms with Crippen molar-refractivity contribution in [1.29, 1.82) is 0 Å². The lowest BCUT2D eigenvalue weighted by Crippen LogP contribution is -2.17. The average Bonchev–Trinajstić information content (AvgIpc) is 2.46. The minimum Gasteiger partial charge on any atom is -0.504 e. The second-order valence-corrected chi connectivity index (χ2v) is 5.03. The molecule has 0 bridgehead atoms. The van der Waals surface area contributed by atoms with Gasteiger partial charge in [0.25, 0.3) is 5.91 Å². The standard InChI is InChI=1S/C14H11BrN2O4/c15-10-3-1-8(2-4-10)7-16-17-14(21)9-5-11(18)13(20)12(19)6-9/h1-7,18-20H,(H,17,21). The largest absolute Gasteiger partial charge is 0.504 e. The van der Waals surface area contributed by atoms with E-state index in [9.17, 15) is 20.1 Å². The number of benzene rings is 2. The van der Waals surface area contributed by atoms with Crippen LogP contribution in [0.5, 0.6) is 17.2 Å². The van der Waals surface area contributed by atoms with Crippen LogP contribution in [0.2, 0.25) is 0 Å². The van der Waals surface area contributed by atoms with Crippen molar-refractivity contribution in [2.45, 2.75) is 0 Å². The lowest BCUT2D eigenvalue weighted by Gasteiger charge is -2.04. The fourth-order valence-corrected chi connectivity index (χ4v) is 1.78. The molecule has 2 aromatic carbocycles. The van der Waals surface area contributed by atoms with Gasteiger partial charge < -0.3 is 15.3 Å². The van der Waals surface area contributed by atoms with E-state index in [0.717, 1.165) is 22.2 Å². The molecule has 2 rings (SSSR count). The number of hydrogen-bond donors (Lipinski definition) is 4. The molecule has 0 fully saturated rings. The number of carbonyl (C=O) groups excluding carboxylic acids is 1. The number of nitrogens with zero attached hydrogens (tertiary/aromatic N) is 1. The molecule has 0 aromatic heterocycles. The molecule has 0 aliphatic carbocycles. The zero-order valence-corrected chi connectivity index (χ0v) is 12.2. The van der Waals surface area contributed by atoms with Crippen LogP contribution in [0.15, 0.2) is 46.0 Å². The van der Waals surface area contributed by atoms with Gasteiger partial charge in [-0.1, -0.05) is 28.1 Å². The van der Waals surface area contributed by atoms with E-state index in [2.05, 4.69) is 26.5 Å². The Labute approximate surface area is 128 Å². The Morgan fingerprint density at radius 3 is 2.24 bits per heavy atom. The molecule has 0 spiro atoms. The summed E-state index contributed by atoms with van der Waals surface area (Å²) in [6, 6.07) is 9.33. The molecule has 7 heteroatoms. The summed E-state index contributed by atoms with van der Waals surface area (Å²) < 4.78 is 0.929. The number of halogens is 1. The number of nitrogens with one attached hydrogen (secondary N) is 1. The highest BCUT2D eigenvalue weighted by Gasteiger charge is 2.12. The van der Waals surface area contributed by atoms with Gasteiger partial charge in [0, 0.05) is 10.0 Å². The van der Waals surface area contributed by atoms with Crippen molar-refractivity contribution < 1.29 is 20.1 Å². The van der Waals surface area contributed by atoms with Crippen LogP contribution in [0.3, 0.4) is 0 Å². The molecule has 2 aromatic rings. The van der Waals surface area contributed by atoms with Gasteiger partial charge in [-0.25, -0.2) is 5.43 Å². The van der Waals surface area contributed by atoms with Gasteiger partial charge in [0.15, 0.2) is 17.2 Å².